The van der Waals surface area contributed by atoms with Gasteiger partial charge >= 0.3 is 5.97 Å². The molecule has 4 aromatic rings. The molecular formula is C27H26ClF2N5O3. The van der Waals surface area contributed by atoms with Gasteiger partial charge in [0.2, 0.25) is 0 Å². The van der Waals surface area contributed by atoms with E-state index in [2.05, 4.69) is 10.1 Å². The van der Waals surface area contributed by atoms with Crippen molar-refractivity contribution in [1.29, 1.82) is 0 Å². The summed E-state index contributed by atoms with van der Waals surface area (Å²) in [7, 11) is 0. The first-order valence-electron chi connectivity index (χ1n) is 12.7. The van der Waals surface area contributed by atoms with Crippen molar-refractivity contribution in [3.05, 3.63) is 64.8 Å². The first-order chi connectivity index (χ1) is 18.5. The summed E-state index contributed by atoms with van der Waals surface area (Å²) in [5.41, 5.74) is 2.24. The van der Waals surface area contributed by atoms with Crippen LogP contribution in [0.1, 0.15) is 30.8 Å². The Hall–Kier alpha value is -3.50. The Morgan fingerprint density at radius 3 is 2.82 bits per heavy atom. The molecule has 1 unspecified atom stereocenters. The van der Waals surface area contributed by atoms with Crippen LogP contribution in [0.4, 0.5) is 14.5 Å². The maximum Gasteiger partial charge on any atom is 0.337 e. The predicted octanol–water partition coefficient (Wildman–Crippen LogP) is 4.77. The van der Waals surface area contributed by atoms with Crippen LogP contribution in [0.25, 0.3) is 22.0 Å². The summed E-state index contributed by atoms with van der Waals surface area (Å²) in [4.78, 5) is 19.5. The van der Waals surface area contributed by atoms with Crippen LogP contribution in [0, 0.1) is 11.6 Å². The van der Waals surface area contributed by atoms with E-state index in [1.807, 2.05) is 9.47 Å². The van der Waals surface area contributed by atoms with Gasteiger partial charge in [0.05, 0.1) is 42.6 Å². The van der Waals surface area contributed by atoms with Crippen molar-refractivity contribution in [1.82, 2.24) is 19.3 Å². The fourth-order valence-electron chi connectivity index (χ4n) is 5.39. The number of carbonyl (C=O) groups excluding carboxylic acids is 1. The topological polar surface area (TPSA) is 74.4 Å². The number of carbonyl (C=O) groups is 1. The number of morpholine rings is 1. The van der Waals surface area contributed by atoms with E-state index in [0.29, 0.717) is 48.6 Å². The Labute approximate surface area is 222 Å². The number of halogens is 3. The second kappa shape index (κ2) is 9.99. The van der Waals surface area contributed by atoms with Gasteiger partial charge in [-0.25, -0.2) is 18.6 Å². The fraction of sp³-hybridized carbons (Fsp3) is 0.370. The van der Waals surface area contributed by atoms with Crippen molar-refractivity contribution in [2.75, 3.05) is 37.8 Å². The molecule has 0 aliphatic carbocycles. The third kappa shape index (κ3) is 4.12. The van der Waals surface area contributed by atoms with Crippen molar-refractivity contribution in [2.45, 2.75) is 32.4 Å². The number of aromatic nitrogens is 4. The van der Waals surface area contributed by atoms with Crippen LogP contribution in [0.5, 0.6) is 0 Å². The van der Waals surface area contributed by atoms with Crippen LogP contribution in [0.2, 0.25) is 5.02 Å². The molecule has 1 saturated heterocycles. The average Bonchev–Trinajstić information content (AvgIpc) is 3.65. The van der Waals surface area contributed by atoms with E-state index < -0.39 is 23.6 Å². The molecule has 0 saturated carbocycles. The number of anilines is 1. The second-order valence-corrected chi connectivity index (χ2v) is 9.76. The van der Waals surface area contributed by atoms with Gasteiger partial charge in [-0.2, -0.15) is 5.10 Å². The van der Waals surface area contributed by atoms with E-state index in [1.54, 1.807) is 31.6 Å². The largest absolute Gasteiger partial charge is 0.464 e. The van der Waals surface area contributed by atoms with E-state index in [9.17, 15) is 4.79 Å². The molecule has 2 aromatic heterocycles. The van der Waals surface area contributed by atoms with Gasteiger partial charge in [0.1, 0.15) is 11.3 Å². The molecule has 0 N–H and O–H groups in total. The van der Waals surface area contributed by atoms with Crippen LogP contribution >= 0.6 is 11.6 Å². The van der Waals surface area contributed by atoms with Gasteiger partial charge < -0.3 is 18.9 Å². The molecule has 4 heterocycles. The summed E-state index contributed by atoms with van der Waals surface area (Å²) < 4.78 is 45.4. The summed E-state index contributed by atoms with van der Waals surface area (Å²) >= 11 is 6.66. The lowest BCUT2D eigenvalue weighted by Crippen LogP contribution is -2.37. The lowest BCUT2D eigenvalue weighted by molar-refractivity contribution is -0.146. The molecule has 0 amide bonds. The summed E-state index contributed by atoms with van der Waals surface area (Å²) in [5.74, 6) is -1.65. The number of rotatable bonds is 6. The molecule has 0 bridgehead atoms. The molecule has 1 atom stereocenters. The highest BCUT2D eigenvalue weighted by atomic mass is 35.5. The molecule has 2 aliphatic rings. The normalized spacial score (nSPS) is 16.2. The minimum Gasteiger partial charge on any atom is -0.464 e. The van der Waals surface area contributed by atoms with Crippen LogP contribution in [0.3, 0.4) is 0 Å². The average molecular weight is 542 g/mol. The van der Waals surface area contributed by atoms with Crippen molar-refractivity contribution in [2.24, 2.45) is 0 Å². The molecule has 8 nitrogen and oxygen atoms in total. The maximum atomic E-state index is 16.2. The molecule has 2 aliphatic heterocycles. The van der Waals surface area contributed by atoms with E-state index in [4.69, 9.17) is 21.1 Å². The first kappa shape index (κ1) is 24.8. The van der Waals surface area contributed by atoms with Crippen LogP contribution in [-0.4, -0.2) is 58.2 Å². The summed E-state index contributed by atoms with van der Waals surface area (Å²) in [6.45, 7) is 4.59. The number of hydrogen-bond acceptors (Lipinski definition) is 6. The smallest absolute Gasteiger partial charge is 0.337 e. The number of fused-ring (bicyclic) bond motifs is 2. The molecule has 2 aromatic carbocycles. The highest BCUT2D eigenvalue weighted by Crippen LogP contribution is 2.40. The monoisotopic (exact) mass is 541 g/mol. The van der Waals surface area contributed by atoms with Crippen molar-refractivity contribution >= 4 is 34.2 Å². The number of nitrogens with zero attached hydrogens (tertiary/aromatic N) is 5. The van der Waals surface area contributed by atoms with Gasteiger partial charge in [0.15, 0.2) is 11.9 Å². The Bertz CT molecular complexity index is 1530. The van der Waals surface area contributed by atoms with Gasteiger partial charge in [0.25, 0.3) is 0 Å². The Morgan fingerprint density at radius 1 is 1.21 bits per heavy atom. The number of para-hydroxylation sites is 1. The molecule has 1 fully saturated rings. The number of benzene rings is 2. The second-order valence-electron chi connectivity index (χ2n) is 9.35. The Kier molecular flexibility index (Phi) is 6.53. The molecule has 38 heavy (non-hydrogen) atoms. The minimum atomic E-state index is -0.992. The predicted molar refractivity (Wildman–Crippen MR) is 138 cm³/mol. The van der Waals surface area contributed by atoms with E-state index in [-0.39, 0.29) is 22.7 Å². The van der Waals surface area contributed by atoms with Crippen LogP contribution in [0.15, 0.2) is 36.8 Å². The molecule has 198 valence electrons. The van der Waals surface area contributed by atoms with Gasteiger partial charge in [-0.3, -0.25) is 4.68 Å². The van der Waals surface area contributed by atoms with E-state index >= 15 is 8.78 Å². The third-order valence-electron chi connectivity index (χ3n) is 7.13. The lowest BCUT2D eigenvalue weighted by Gasteiger charge is -2.31. The van der Waals surface area contributed by atoms with Crippen molar-refractivity contribution in [3.63, 3.8) is 0 Å². The fourth-order valence-corrected chi connectivity index (χ4v) is 5.64. The maximum absolute atomic E-state index is 16.2. The zero-order valence-electron chi connectivity index (χ0n) is 20.8. The lowest BCUT2D eigenvalue weighted by atomic mass is 10.00. The standard InChI is InChI=1S/C27H26ClF2N5O3/c1-2-38-27(36)26(24-21-7-4-8-34(21)15-31-24)35-14-18-19(28)13-17(22(30)23(18)32-35)16-5-3-6-20(29)25(16)33-9-11-37-12-10-33/h3,5-6,13-15,26H,2,4,7-12H2,1H3. The number of hydrogen-bond donors (Lipinski definition) is 0. The van der Waals surface area contributed by atoms with Gasteiger partial charge in [-0.1, -0.05) is 23.7 Å². The van der Waals surface area contributed by atoms with Crippen LogP contribution < -0.4 is 4.90 Å². The number of ether oxygens (including phenoxy) is 2. The third-order valence-corrected chi connectivity index (χ3v) is 7.45. The van der Waals surface area contributed by atoms with Gasteiger partial charge in [-0.05, 0) is 31.9 Å². The molecule has 11 heteroatoms. The van der Waals surface area contributed by atoms with Gasteiger partial charge in [0, 0.05) is 48.0 Å². The number of aryl methyl sites for hydroxylation is 1. The quantitative estimate of drug-likeness (QED) is 0.328. The van der Waals surface area contributed by atoms with Crippen molar-refractivity contribution in [3.8, 4) is 11.1 Å². The minimum absolute atomic E-state index is 0.0187. The molecule has 6 rings (SSSR count). The SMILES string of the molecule is CCOC(=O)C(c1ncn2c1CCC2)n1cc2c(Cl)cc(-c3cccc(F)c3N3CCOCC3)c(F)c2n1. The van der Waals surface area contributed by atoms with Gasteiger partial charge in [-0.15, -0.1) is 0 Å². The summed E-state index contributed by atoms with van der Waals surface area (Å²) in [6, 6.07) is 5.06. The summed E-state index contributed by atoms with van der Waals surface area (Å²) in [6.07, 6.45) is 4.97. The number of esters is 1. The molecule has 0 spiro atoms. The zero-order valence-corrected chi connectivity index (χ0v) is 21.5. The van der Waals surface area contributed by atoms with E-state index in [1.165, 1.54) is 16.8 Å². The highest BCUT2D eigenvalue weighted by Gasteiger charge is 2.33. The Balaban J connectivity index is 1.49. The summed E-state index contributed by atoms with van der Waals surface area (Å²) in [5, 5.41) is 5.06. The van der Waals surface area contributed by atoms with Crippen LogP contribution in [-0.2, 0) is 27.2 Å². The highest BCUT2D eigenvalue weighted by molar-refractivity contribution is 6.35. The number of imidazole rings is 1. The van der Waals surface area contributed by atoms with E-state index in [0.717, 1.165) is 25.1 Å². The molecular weight excluding hydrogens is 516 g/mol. The zero-order chi connectivity index (χ0) is 26.4. The molecule has 0 radical (unpaired) electrons. The Morgan fingerprint density at radius 2 is 2.03 bits per heavy atom. The first-order valence-corrected chi connectivity index (χ1v) is 13.0. The van der Waals surface area contributed by atoms with Crippen molar-refractivity contribution < 1.29 is 23.0 Å².